The minimum atomic E-state index is -0.188. The average Bonchev–Trinajstić information content (AvgIpc) is 3.19. The predicted octanol–water partition coefficient (Wildman–Crippen LogP) is 4.10. The topological polar surface area (TPSA) is 67.8 Å². The molecule has 0 bridgehead atoms. The van der Waals surface area contributed by atoms with Crippen LogP contribution in [0.15, 0.2) is 23.0 Å². The number of anilines is 1. The molecule has 1 N–H and O–H groups in total. The smallest absolute Gasteiger partial charge is 0.269 e. The minimum absolute atomic E-state index is 0.188. The highest BCUT2D eigenvalue weighted by Crippen LogP contribution is 2.25. The lowest BCUT2D eigenvalue weighted by Crippen LogP contribution is -2.09. The third-order valence-electron chi connectivity index (χ3n) is 2.67. The Labute approximate surface area is 133 Å². The van der Waals surface area contributed by atoms with Gasteiger partial charge in [-0.3, -0.25) is 10.1 Å². The number of thiophene rings is 1. The number of thiazole rings is 1. The second-order valence-electron chi connectivity index (χ2n) is 4.61. The molecule has 0 spiro atoms. The molecule has 8 heteroatoms. The molecule has 0 aliphatic carbocycles. The summed E-state index contributed by atoms with van der Waals surface area (Å²) in [6.45, 7) is 4.11. The fourth-order valence-electron chi connectivity index (χ4n) is 1.60. The summed E-state index contributed by atoms with van der Waals surface area (Å²) < 4.78 is 4.25. The van der Waals surface area contributed by atoms with E-state index in [0.29, 0.717) is 21.8 Å². The zero-order valence-corrected chi connectivity index (χ0v) is 13.8. The first-order valence-electron chi connectivity index (χ1n) is 6.27. The summed E-state index contributed by atoms with van der Waals surface area (Å²) >= 11 is 4.18. The highest BCUT2D eigenvalue weighted by atomic mass is 32.1. The molecule has 3 heterocycles. The van der Waals surface area contributed by atoms with Crippen molar-refractivity contribution < 1.29 is 4.79 Å². The fourth-order valence-corrected chi connectivity index (χ4v) is 3.64. The lowest BCUT2D eigenvalue weighted by molar-refractivity contribution is 0.103. The van der Waals surface area contributed by atoms with Gasteiger partial charge in [-0.15, -0.1) is 11.3 Å². The monoisotopic (exact) mass is 336 g/mol. The van der Waals surface area contributed by atoms with Gasteiger partial charge in [0.2, 0.25) is 5.13 Å². The Hall–Kier alpha value is -1.64. The third kappa shape index (κ3) is 3.17. The van der Waals surface area contributed by atoms with Crippen LogP contribution in [0.1, 0.15) is 34.4 Å². The number of nitrogens with zero attached hydrogens (tertiary/aromatic N) is 3. The van der Waals surface area contributed by atoms with Crippen LogP contribution in [0.4, 0.5) is 5.13 Å². The molecule has 108 valence electrons. The molecule has 3 rings (SSSR count). The van der Waals surface area contributed by atoms with E-state index >= 15 is 0 Å². The van der Waals surface area contributed by atoms with Crippen molar-refractivity contribution in [3.05, 3.63) is 32.9 Å². The summed E-state index contributed by atoms with van der Waals surface area (Å²) in [5, 5.41) is 8.18. The Morgan fingerprint density at radius 1 is 1.38 bits per heavy atom. The zero-order valence-electron chi connectivity index (χ0n) is 11.4. The number of hydrogen-bond acceptors (Lipinski definition) is 7. The zero-order chi connectivity index (χ0) is 14.8. The second-order valence-corrected chi connectivity index (χ2v) is 7.20. The van der Waals surface area contributed by atoms with Crippen LogP contribution in [-0.4, -0.2) is 20.2 Å². The van der Waals surface area contributed by atoms with E-state index in [2.05, 4.69) is 33.5 Å². The van der Waals surface area contributed by atoms with Crippen LogP contribution >= 0.6 is 34.2 Å². The van der Waals surface area contributed by atoms with E-state index in [9.17, 15) is 4.79 Å². The maximum atomic E-state index is 12.1. The Bertz CT molecular complexity index is 745. The molecule has 0 aliphatic heterocycles. The highest BCUT2D eigenvalue weighted by molar-refractivity contribution is 7.14. The van der Waals surface area contributed by atoms with Gasteiger partial charge in [-0.25, -0.2) is 4.98 Å². The molecule has 0 radical (unpaired) electrons. The first-order valence-corrected chi connectivity index (χ1v) is 8.80. The largest absolute Gasteiger partial charge is 0.296 e. The number of hydrogen-bond donors (Lipinski definition) is 1. The molecule has 0 saturated carbocycles. The molecule has 0 atom stereocenters. The molecule has 0 unspecified atom stereocenters. The van der Waals surface area contributed by atoms with E-state index in [0.717, 1.165) is 10.6 Å². The van der Waals surface area contributed by atoms with Crippen LogP contribution in [0.3, 0.4) is 0 Å². The molecular formula is C13H12N4OS3. The van der Waals surface area contributed by atoms with Crippen molar-refractivity contribution in [1.82, 2.24) is 14.3 Å². The van der Waals surface area contributed by atoms with Crippen molar-refractivity contribution in [1.29, 1.82) is 0 Å². The second kappa shape index (κ2) is 6.00. The highest BCUT2D eigenvalue weighted by Gasteiger charge is 2.15. The Morgan fingerprint density at radius 3 is 2.90 bits per heavy atom. The molecule has 3 aromatic rings. The van der Waals surface area contributed by atoms with Crippen LogP contribution in [0.25, 0.3) is 11.4 Å². The van der Waals surface area contributed by atoms with Gasteiger partial charge in [-0.1, -0.05) is 13.8 Å². The van der Waals surface area contributed by atoms with Gasteiger partial charge in [0.25, 0.3) is 5.91 Å². The van der Waals surface area contributed by atoms with Crippen molar-refractivity contribution in [2.24, 2.45) is 0 Å². The summed E-state index contributed by atoms with van der Waals surface area (Å²) in [7, 11) is 0. The molecule has 0 aliphatic rings. The number of amides is 1. The van der Waals surface area contributed by atoms with Crippen molar-refractivity contribution in [2.45, 2.75) is 19.8 Å². The number of carbonyl (C=O) groups excluding carboxylic acids is 1. The van der Waals surface area contributed by atoms with Crippen LogP contribution < -0.4 is 5.32 Å². The van der Waals surface area contributed by atoms with Gasteiger partial charge in [0.15, 0.2) is 5.82 Å². The molecule has 1 amide bonds. The molecular weight excluding hydrogens is 324 g/mol. The van der Waals surface area contributed by atoms with Crippen LogP contribution in [0, 0.1) is 0 Å². The molecule has 5 nitrogen and oxygen atoms in total. The SMILES string of the molecule is CC(C)c1ncc(C(=O)Nc2nc(-c3ccsc3)ns2)s1. The normalized spacial score (nSPS) is 11.0. The van der Waals surface area contributed by atoms with Gasteiger partial charge in [0.1, 0.15) is 4.88 Å². The molecule has 0 saturated heterocycles. The number of carbonyl (C=O) groups is 1. The van der Waals surface area contributed by atoms with Gasteiger partial charge >= 0.3 is 0 Å². The van der Waals surface area contributed by atoms with Crippen molar-refractivity contribution in [3.63, 3.8) is 0 Å². The molecule has 21 heavy (non-hydrogen) atoms. The van der Waals surface area contributed by atoms with Gasteiger partial charge in [-0.2, -0.15) is 20.7 Å². The maximum absolute atomic E-state index is 12.1. The number of rotatable bonds is 4. The van der Waals surface area contributed by atoms with Crippen molar-refractivity contribution in [3.8, 4) is 11.4 Å². The molecule has 0 fully saturated rings. The van der Waals surface area contributed by atoms with E-state index in [1.165, 1.54) is 22.9 Å². The van der Waals surface area contributed by atoms with Gasteiger partial charge < -0.3 is 0 Å². The average molecular weight is 336 g/mol. The van der Waals surface area contributed by atoms with Gasteiger partial charge in [0.05, 0.1) is 11.2 Å². The quantitative estimate of drug-likeness (QED) is 0.779. The van der Waals surface area contributed by atoms with Gasteiger partial charge in [-0.05, 0) is 11.4 Å². The molecule has 3 aromatic heterocycles. The summed E-state index contributed by atoms with van der Waals surface area (Å²) in [6.07, 6.45) is 1.61. The number of nitrogens with one attached hydrogen (secondary N) is 1. The van der Waals surface area contributed by atoms with Crippen LogP contribution in [0.5, 0.6) is 0 Å². The van der Waals surface area contributed by atoms with E-state index in [1.54, 1.807) is 17.5 Å². The van der Waals surface area contributed by atoms with E-state index < -0.39 is 0 Å². The van der Waals surface area contributed by atoms with Crippen molar-refractivity contribution >= 4 is 45.2 Å². The number of aromatic nitrogens is 3. The fraction of sp³-hybridized carbons (Fsp3) is 0.231. The lowest BCUT2D eigenvalue weighted by atomic mass is 10.2. The Balaban J connectivity index is 1.72. The first kappa shape index (κ1) is 14.3. The van der Waals surface area contributed by atoms with Crippen molar-refractivity contribution in [2.75, 3.05) is 5.32 Å². The Morgan fingerprint density at radius 2 is 2.24 bits per heavy atom. The lowest BCUT2D eigenvalue weighted by Gasteiger charge is -1.97. The van der Waals surface area contributed by atoms with Gasteiger partial charge in [0, 0.05) is 28.4 Å². The van der Waals surface area contributed by atoms with E-state index in [4.69, 9.17) is 0 Å². The predicted molar refractivity (Wildman–Crippen MR) is 87.4 cm³/mol. The molecule has 0 aromatic carbocycles. The summed E-state index contributed by atoms with van der Waals surface area (Å²) in [5.74, 6) is 0.777. The summed E-state index contributed by atoms with van der Waals surface area (Å²) in [5.41, 5.74) is 0.969. The van der Waals surface area contributed by atoms with Crippen LogP contribution in [0.2, 0.25) is 0 Å². The Kier molecular flexibility index (Phi) is 4.09. The minimum Gasteiger partial charge on any atom is -0.296 e. The van der Waals surface area contributed by atoms with E-state index in [-0.39, 0.29) is 5.91 Å². The first-order chi connectivity index (χ1) is 10.1. The summed E-state index contributed by atoms with van der Waals surface area (Å²) in [4.78, 5) is 21.3. The maximum Gasteiger partial charge on any atom is 0.269 e. The summed E-state index contributed by atoms with van der Waals surface area (Å²) in [6, 6.07) is 1.95. The standard InChI is InChI=1S/C13H12N4OS3/c1-7(2)12-14-5-9(20-12)11(18)16-13-15-10(17-21-13)8-3-4-19-6-8/h3-7H,1-2H3,(H,15,16,17,18). The third-order valence-corrected chi connectivity index (χ3v) is 5.28. The van der Waals surface area contributed by atoms with E-state index in [1.807, 2.05) is 16.8 Å². The van der Waals surface area contributed by atoms with Crippen LogP contribution in [-0.2, 0) is 0 Å².